The van der Waals surface area contributed by atoms with Gasteiger partial charge in [-0.2, -0.15) is 0 Å². The number of aromatic nitrogens is 1. The van der Waals surface area contributed by atoms with Crippen molar-refractivity contribution in [1.82, 2.24) is 4.98 Å². The van der Waals surface area contributed by atoms with Crippen molar-refractivity contribution in [2.24, 2.45) is 0 Å². The Hall–Kier alpha value is -1.55. The fourth-order valence-corrected chi connectivity index (χ4v) is 2.32. The Morgan fingerprint density at radius 3 is 2.55 bits per heavy atom. The topological polar surface area (TPSA) is 34.2 Å². The van der Waals surface area contributed by atoms with Gasteiger partial charge >= 0.3 is 0 Å². The number of nitrogens with one attached hydrogen (secondary N) is 1. The second-order valence-electron chi connectivity index (χ2n) is 4.98. The molecule has 0 unspecified atom stereocenters. The van der Waals surface area contributed by atoms with Crippen LogP contribution in [0.5, 0.6) is 5.75 Å². The molecule has 1 N–H and O–H groups in total. The first-order valence-corrected chi connectivity index (χ1v) is 7.45. The fourth-order valence-electron chi connectivity index (χ4n) is 1.87. The van der Waals surface area contributed by atoms with Crippen molar-refractivity contribution in [3.63, 3.8) is 0 Å². The lowest BCUT2D eigenvalue weighted by Crippen LogP contribution is -2.06. The fraction of sp³-hybridized carbons (Fsp3) is 0.312. The summed E-state index contributed by atoms with van der Waals surface area (Å²) in [7, 11) is 0. The predicted molar refractivity (Wildman–Crippen MR) is 86.2 cm³/mol. The van der Waals surface area contributed by atoms with Crippen molar-refractivity contribution in [2.45, 2.75) is 33.4 Å². The highest BCUT2D eigenvalue weighted by molar-refractivity contribution is 9.10. The van der Waals surface area contributed by atoms with Gasteiger partial charge in [-0.3, -0.25) is 0 Å². The molecule has 106 valence electrons. The van der Waals surface area contributed by atoms with Gasteiger partial charge in [0.05, 0.1) is 6.10 Å². The molecule has 1 heterocycles. The number of nitrogens with zero attached hydrogens (tertiary/aromatic N) is 1. The molecular weight excluding hydrogens is 316 g/mol. The number of hydrogen-bond donors (Lipinski definition) is 1. The molecule has 3 nitrogen and oxygen atoms in total. The summed E-state index contributed by atoms with van der Waals surface area (Å²) in [6.07, 6.45) is 2.00. The number of aryl methyl sites for hydroxylation is 1. The Kier molecular flexibility index (Phi) is 5.01. The van der Waals surface area contributed by atoms with E-state index in [4.69, 9.17) is 4.74 Å². The SMILES string of the molecule is Cc1cc(Br)cnc1NCc1ccc(OC(C)C)cc1. The van der Waals surface area contributed by atoms with Gasteiger partial charge in [0, 0.05) is 17.2 Å². The zero-order valence-electron chi connectivity index (χ0n) is 12.0. The number of rotatable bonds is 5. The smallest absolute Gasteiger partial charge is 0.129 e. The first kappa shape index (κ1) is 14.9. The predicted octanol–water partition coefficient (Wildman–Crippen LogP) is 4.55. The van der Waals surface area contributed by atoms with Gasteiger partial charge in [0.1, 0.15) is 11.6 Å². The van der Waals surface area contributed by atoms with Crippen LogP contribution < -0.4 is 10.1 Å². The molecule has 0 bridgehead atoms. The van der Waals surface area contributed by atoms with E-state index < -0.39 is 0 Å². The lowest BCUT2D eigenvalue weighted by molar-refractivity contribution is 0.242. The summed E-state index contributed by atoms with van der Waals surface area (Å²) >= 11 is 3.42. The molecule has 0 aliphatic heterocycles. The van der Waals surface area contributed by atoms with Gasteiger partial charge in [-0.05, 0) is 66.0 Å². The summed E-state index contributed by atoms with van der Waals surface area (Å²) in [5.74, 6) is 1.82. The van der Waals surface area contributed by atoms with Crippen LogP contribution in [0.1, 0.15) is 25.0 Å². The number of anilines is 1. The molecule has 2 aromatic rings. The zero-order valence-corrected chi connectivity index (χ0v) is 13.6. The molecule has 0 amide bonds. The maximum absolute atomic E-state index is 5.63. The van der Waals surface area contributed by atoms with E-state index >= 15 is 0 Å². The van der Waals surface area contributed by atoms with Crippen molar-refractivity contribution in [2.75, 3.05) is 5.32 Å². The van der Waals surface area contributed by atoms with E-state index in [9.17, 15) is 0 Å². The molecule has 2 rings (SSSR count). The monoisotopic (exact) mass is 334 g/mol. The molecule has 1 aromatic heterocycles. The molecule has 20 heavy (non-hydrogen) atoms. The van der Waals surface area contributed by atoms with Gasteiger partial charge in [0.2, 0.25) is 0 Å². The van der Waals surface area contributed by atoms with Crippen LogP contribution in [0.15, 0.2) is 41.0 Å². The van der Waals surface area contributed by atoms with Crippen molar-refractivity contribution >= 4 is 21.7 Å². The standard InChI is InChI=1S/C16H19BrN2O/c1-11(2)20-15-6-4-13(5-7-15)9-18-16-12(3)8-14(17)10-19-16/h4-8,10-11H,9H2,1-3H3,(H,18,19). The summed E-state index contributed by atoms with van der Waals surface area (Å²) in [6.45, 7) is 6.84. The molecule has 0 atom stereocenters. The van der Waals surface area contributed by atoms with Gasteiger partial charge in [-0.1, -0.05) is 12.1 Å². The van der Waals surface area contributed by atoms with E-state index in [0.29, 0.717) is 0 Å². The minimum atomic E-state index is 0.202. The van der Waals surface area contributed by atoms with Crippen molar-refractivity contribution in [1.29, 1.82) is 0 Å². The quantitative estimate of drug-likeness (QED) is 0.870. The van der Waals surface area contributed by atoms with Gasteiger partial charge in [0.15, 0.2) is 0 Å². The minimum Gasteiger partial charge on any atom is -0.491 e. The van der Waals surface area contributed by atoms with Crippen LogP contribution in [-0.4, -0.2) is 11.1 Å². The average molecular weight is 335 g/mol. The summed E-state index contributed by atoms with van der Waals surface area (Å²) in [5, 5.41) is 3.34. The van der Waals surface area contributed by atoms with E-state index in [1.165, 1.54) is 5.56 Å². The number of ether oxygens (including phenoxy) is 1. The van der Waals surface area contributed by atoms with Crippen LogP contribution in [0, 0.1) is 6.92 Å². The number of hydrogen-bond acceptors (Lipinski definition) is 3. The number of halogens is 1. The van der Waals surface area contributed by atoms with Crippen LogP contribution in [-0.2, 0) is 6.54 Å². The third kappa shape index (κ3) is 4.23. The Morgan fingerprint density at radius 1 is 1.25 bits per heavy atom. The summed E-state index contributed by atoms with van der Waals surface area (Å²) < 4.78 is 6.62. The van der Waals surface area contributed by atoms with Crippen LogP contribution in [0.25, 0.3) is 0 Å². The van der Waals surface area contributed by atoms with E-state index in [2.05, 4.69) is 44.4 Å². The van der Waals surface area contributed by atoms with E-state index in [0.717, 1.165) is 28.1 Å². The number of pyridine rings is 1. The zero-order chi connectivity index (χ0) is 14.5. The van der Waals surface area contributed by atoms with Crippen molar-refractivity contribution < 1.29 is 4.74 Å². The Labute approximate surface area is 128 Å². The molecule has 0 aliphatic carbocycles. The molecular formula is C16H19BrN2O. The second-order valence-corrected chi connectivity index (χ2v) is 5.90. The highest BCUT2D eigenvalue weighted by Crippen LogP contribution is 2.18. The van der Waals surface area contributed by atoms with Crippen molar-refractivity contribution in [3.05, 3.63) is 52.1 Å². The molecule has 4 heteroatoms. The molecule has 0 aliphatic rings. The highest BCUT2D eigenvalue weighted by Gasteiger charge is 2.02. The summed E-state index contributed by atoms with van der Waals surface area (Å²) in [5.41, 5.74) is 2.32. The maximum atomic E-state index is 5.63. The molecule has 0 saturated heterocycles. The van der Waals surface area contributed by atoms with Crippen LogP contribution >= 0.6 is 15.9 Å². The average Bonchev–Trinajstić information content (AvgIpc) is 2.39. The lowest BCUT2D eigenvalue weighted by Gasteiger charge is -2.11. The van der Waals surface area contributed by atoms with Crippen LogP contribution in [0.3, 0.4) is 0 Å². The van der Waals surface area contributed by atoms with Gasteiger partial charge < -0.3 is 10.1 Å². The first-order valence-electron chi connectivity index (χ1n) is 6.66. The van der Waals surface area contributed by atoms with Crippen molar-refractivity contribution in [3.8, 4) is 5.75 Å². The number of benzene rings is 1. The summed E-state index contributed by atoms with van der Waals surface area (Å²) in [4.78, 5) is 4.37. The lowest BCUT2D eigenvalue weighted by atomic mass is 10.2. The Morgan fingerprint density at radius 2 is 1.95 bits per heavy atom. The molecule has 0 radical (unpaired) electrons. The first-order chi connectivity index (χ1) is 9.54. The summed E-state index contributed by atoms with van der Waals surface area (Å²) in [6, 6.07) is 10.2. The molecule has 1 aromatic carbocycles. The molecule has 0 fully saturated rings. The molecule has 0 spiro atoms. The van der Waals surface area contributed by atoms with Gasteiger partial charge in [-0.25, -0.2) is 4.98 Å². The Balaban J connectivity index is 1.96. The third-order valence-corrected chi connectivity index (χ3v) is 3.23. The van der Waals surface area contributed by atoms with E-state index in [-0.39, 0.29) is 6.10 Å². The van der Waals surface area contributed by atoms with E-state index in [1.807, 2.05) is 32.9 Å². The maximum Gasteiger partial charge on any atom is 0.129 e. The van der Waals surface area contributed by atoms with Crippen LogP contribution in [0.4, 0.5) is 5.82 Å². The van der Waals surface area contributed by atoms with E-state index in [1.54, 1.807) is 6.20 Å². The molecule has 0 saturated carbocycles. The highest BCUT2D eigenvalue weighted by atomic mass is 79.9. The third-order valence-electron chi connectivity index (χ3n) is 2.80. The van der Waals surface area contributed by atoms with Gasteiger partial charge in [-0.15, -0.1) is 0 Å². The Bertz CT molecular complexity index is 567. The normalized spacial score (nSPS) is 10.7. The minimum absolute atomic E-state index is 0.202. The largest absolute Gasteiger partial charge is 0.491 e. The van der Waals surface area contributed by atoms with Gasteiger partial charge in [0.25, 0.3) is 0 Å². The van der Waals surface area contributed by atoms with Crippen LogP contribution in [0.2, 0.25) is 0 Å². The second kappa shape index (κ2) is 6.75.